The van der Waals surface area contributed by atoms with Gasteiger partial charge in [-0.05, 0) is 48.4 Å². The number of aryl methyl sites for hydroxylation is 1. The van der Waals surface area contributed by atoms with E-state index < -0.39 is 0 Å². The van der Waals surface area contributed by atoms with E-state index in [9.17, 15) is 4.79 Å². The lowest BCUT2D eigenvalue weighted by Crippen LogP contribution is -2.13. The number of aromatic nitrogens is 1. The number of hydrogen-bond acceptors (Lipinski definition) is 2. The van der Waals surface area contributed by atoms with Gasteiger partial charge in [0, 0.05) is 21.1 Å². The molecule has 4 aromatic rings. The third-order valence-electron chi connectivity index (χ3n) is 4.67. The van der Waals surface area contributed by atoms with Crippen molar-refractivity contribution in [1.82, 2.24) is 4.98 Å². The van der Waals surface area contributed by atoms with Crippen LogP contribution >= 0.6 is 15.9 Å². The summed E-state index contributed by atoms with van der Waals surface area (Å²) >= 11 is 3.51. The number of rotatable bonds is 4. The van der Waals surface area contributed by atoms with Crippen LogP contribution in [0.3, 0.4) is 0 Å². The lowest BCUT2D eigenvalue weighted by molar-refractivity contribution is 0.102. The third-order valence-corrected chi connectivity index (χ3v) is 5.17. The van der Waals surface area contributed by atoms with E-state index in [0.717, 1.165) is 38.7 Å². The minimum Gasteiger partial charge on any atom is -0.322 e. The first-order chi connectivity index (χ1) is 13.6. The fourth-order valence-corrected chi connectivity index (χ4v) is 3.63. The Labute approximate surface area is 172 Å². The Hall–Kier alpha value is -2.98. The van der Waals surface area contributed by atoms with Crippen LogP contribution in [-0.4, -0.2) is 10.9 Å². The largest absolute Gasteiger partial charge is 0.322 e. The highest BCUT2D eigenvalue weighted by Gasteiger charge is 2.14. The van der Waals surface area contributed by atoms with Gasteiger partial charge in [-0.25, -0.2) is 4.98 Å². The second kappa shape index (κ2) is 7.95. The molecule has 0 unspecified atom stereocenters. The van der Waals surface area contributed by atoms with Gasteiger partial charge in [-0.2, -0.15) is 0 Å². The maximum Gasteiger partial charge on any atom is 0.256 e. The summed E-state index contributed by atoms with van der Waals surface area (Å²) in [4.78, 5) is 17.9. The zero-order valence-corrected chi connectivity index (χ0v) is 17.0. The topological polar surface area (TPSA) is 42.0 Å². The highest BCUT2D eigenvalue weighted by molar-refractivity contribution is 9.10. The van der Waals surface area contributed by atoms with Gasteiger partial charge >= 0.3 is 0 Å². The normalized spacial score (nSPS) is 10.8. The van der Waals surface area contributed by atoms with E-state index in [4.69, 9.17) is 4.98 Å². The molecule has 1 amide bonds. The summed E-state index contributed by atoms with van der Waals surface area (Å²) in [5.41, 5.74) is 5.13. The van der Waals surface area contributed by atoms with Crippen LogP contribution in [0.5, 0.6) is 0 Å². The van der Waals surface area contributed by atoms with Gasteiger partial charge in [-0.1, -0.05) is 65.3 Å². The van der Waals surface area contributed by atoms with Crippen molar-refractivity contribution in [3.8, 4) is 11.3 Å². The van der Waals surface area contributed by atoms with Crippen LogP contribution in [0.25, 0.3) is 22.2 Å². The number of para-hydroxylation sites is 1. The number of anilines is 1. The molecule has 3 nitrogen and oxygen atoms in total. The smallest absolute Gasteiger partial charge is 0.256 e. The van der Waals surface area contributed by atoms with Crippen molar-refractivity contribution in [1.29, 1.82) is 0 Å². The summed E-state index contributed by atoms with van der Waals surface area (Å²) in [6.07, 6.45) is 0.926. The van der Waals surface area contributed by atoms with Crippen molar-refractivity contribution in [2.75, 3.05) is 5.32 Å². The zero-order chi connectivity index (χ0) is 19.5. The average molecular weight is 431 g/mol. The van der Waals surface area contributed by atoms with Gasteiger partial charge in [0.05, 0.1) is 16.8 Å². The molecule has 0 saturated carbocycles. The van der Waals surface area contributed by atoms with Crippen LogP contribution in [0.4, 0.5) is 5.69 Å². The molecular formula is C24H19BrN2O. The molecule has 1 heterocycles. The van der Waals surface area contributed by atoms with E-state index in [1.165, 1.54) is 5.56 Å². The van der Waals surface area contributed by atoms with Crippen LogP contribution in [0.2, 0.25) is 0 Å². The molecule has 0 aliphatic rings. The summed E-state index contributed by atoms with van der Waals surface area (Å²) in [6, 6.07) is 25.5. The molecule has 0 bridgehead atoms. The molecule has 1 aromatic heterocycles. The molecule has 1 N–H and O–H groups in total. The fraction of sp³-hybridized carbons (Fsp3) is 0.0833. The predicted molar refractivity (Wildman–Crippen MR) is 119 cm³/mol. The Morgan fingerprint density at radius 1 is 0.964 bits per heavy atom. The van der Waals surface area contributed by atoms with Crippen molar-refractivity contribution in [2.45, 2.75) is 13.3 Å². The molecule has 0 fully saturated rings. The predicted octanol–water partition coefficient (Wildman–Crippen LogP) is 6.48. The molecule has 4 rings (SSSR count). The Kier molecular flexibility index (Phi) is 5.22. The van der Waals surface area contributed by atoms with Crippen molar-refractivity contribution in [3.63, 3.8) is 0 Å². The van der Waals surface area contributed by atoms with Crippen LogP contribution < -0.4 is 5.32 Å². The summed E-state index contributed by atoms with van der Waals surface area (Å²) < 4.78 is 0.974. The zero-order valence-electron chi connectivity index (χ0n) is 15.4. The van der Waals surface area contributed by atoms with Crippen molar-refractivity contribution >= 4 is 38.4 Å². The minimum atomic E-state index is -0.136. The number of fused-ring (bicyclic) bond motifs is 1. The quantitative estimate of drug-likeness (QED) is 0.402. The number of halogens is 1. The van der Waals surface area contributed by atoms with Gasteiger partial charge in [-0.3, -0.25) is 4.79 Å². The lowest BCUT2D eigenvalue weighted by atomic mass is 10.0. The molecule has 3 aromatic carbocycles. The first kappa shape index (κ1) is 18.4. The monoisotopic (exact) mass is 430 g/mol. The Morgan fingerprint density at radius 3 is 2.61 bits per heavy atom. The van der Waals surface area contributed by atoms with Crippen molar-refractivity contribution in [3.05, 3.63) is 94.5 Å². The second-order valence-electron chi connectivity index (χ2n) is 6.59. The van der Waals surface area contributed by atoms with Crippen molar-refractivity contribution in [2.24, 2.45) is 0 Å². The maximum absolute atomic E-state index is 13.1. The Bertz CT molecular complexity index is 1170. The van der Waals surface area contributed by atoms with Gasteiger partial charge in [-0.15, -0.1) is 0 Å². The van der Waals surface area contributed by atoms with E-state index in [2.05, 4.69) is 34.2 Å². The molecule has 0 atom stereocenters. The highest BCUT2D eigenvalue weighted by atomic mass is 79.9. The molecule has 0 aliphatic carbocycles. The molecule has 0 radical (unpaired) electrons. The number of nitrogens with zero attached hydrogens (tertiary/aromatic N) is 1. The van der Waals surface area contributed by atoms with Gasteiger partial charge in [0.1, 0.15) is 0 Å². The van der Waals surface area contributed by atoms with Crippen LogP contribution in [0, 0.1) is 0 Å². The van der Waals surface area contributed by atoms with E-state index >= 15 is 0 Å². The second-order valence-corrected chi connectivity index (χ2v) is 7.51. The third kappa shape index (κ3) is 3.82. The summed E-state index contributed by atoms with van der Waals surface area (Å²) in [6.45, 7) is 2.10. The molecule has 0 aliphatic heterocycles. The number of carbonyl (C=O) groups is 1. The first-order valence-corrected chi connectivity index (χ1v) is 9.99. The number of amides is 1. The van der Waals surface area contributed by atoms with Crippen LogP contribution in [0.15, 0.2) is 83.3 Å². The van der Waals surface area contributed by atoms with E-state index in [1.54, 1.807) is 0 Å². The van der Waals surface area contributed by atoms with Crippen LogP contribution in [-0.2, 0) is 6.42 Å². The maximum atomic E-state index is 13.1. The Morgan fingerprint density at radius 2 is 1.79 bits per heavy atom. The number of benzene rings is 3. The molecule has 0 spiro atoms. The minimum absolute atomic E-state index is 0.136. The first-order valence-electron chi connectivity index (χ1n) is 9.20. The van der Waals surface area contributed by atoms with Gasteiger partial charge < -0.3 is 5.32 Å². The molecule has 4 heteroatoms. The number of hydrogen-bond donors (Lipinski definition) is 1. The van der Waals surface area contributed by atoms with Gasteiger partial charge in [0.25, 0.3) is 5.91 Å². The lowest BCUT2D eigenvalue weighted by Gasteiger charge is -2.11. The fourth-order valence-electron chi connectivity index (χ4n) is 3.23. The molecule has 28 heavy (non-hydrogen) atoms. The molecule has 138 valence electrons. The van der Waals surface area contributed by atoms with Gasteiger partial charge in [0.2, 0.25) is 0 Å². The molecule has 0 saturated heterocycles. The van der Waals surface area contributed by atoms with Gasteiger partial charge in [0.15, 0.2) is 0 Å². The standard InChI is InChI=1S/C24H19BrN2O/c1-2-16-7-5-10-19(13-16)26-24(28)21-15-23(17-8-6-9-18(25)14-17)27-22-12-4-3-11-20(21)22/h3-15H,2H2,1H3,(H,26,28). The Balaban J connectivity index is 1.79. The number of nitrogens with one attached hydrogen (secondary N) is 1. The van der Waals surface area contributed by atoms with E-state index in [-0.39, 0.29) is 5.91 Å². The summed E-state index contributed by atoms with van der Waals surface area (Å²) in [5.74, 6) is -0.136. The van der Waals surface area contributed by atoms with Crippen LogP contribution in [0.1, 0.15) is 22.8 Å². The summed E-state index contributed by atoms with van der Waals surface area (Å²) in [5, 5.41) is 3.88. The number of carbonyl (C=O) groups excluding carboxylic acids is 1. The molecular weight excluding hydrogens is 412 g/mol. The van der Waals surface area contributed by atoms with E-state index in [0.29, 0.717) is 5.56 Å². The SMILES string of the molecule is CCc1cccc(NC(=O)c2cc(-c3cccc(Br)c3)nc3ccccc23)c1. The number of pyridine rings is 1. The van der Waals surface area contributed by atoms with E-state index in [1.807, 2.05) is 72.8 Å². The average Bonchev–Trinajstić information content (AvgIpc) is 2.73. The summed E-state index contributed by atoms with van der Waals surface area (Å²) in [7, 11) is 0. The highest BCUT2D eigenvalue weighted by Crippen LogP contribution is 2.27. The van der Waals surface area contributed by atoms with Crippen molar-refractivity contribution < 1.29 is 4.79 Å².